The van der Waals surface area contributed by atoms with Gasteiger partial charge in [0.05, 0.1) is 42.5 Å². The molecule has 0 spiro atoms. The molecule has 9 rings (SSSR count). The Kier molecular flexibility index (Phi) is 12.0. The lowest BCUT2D eigenvalue weighted by molar-refractivity contribution is -0.122. The van der Waals surface area contributed by atoms with Crippen LogP contribution in [0.25, 0.3) is 11.6 Å². The number of aliphatic hydroxyl groups excluding tert-OH is 1. The summed E-state index contributed by atoms with van der Waals surface area (Å²) in [6.45, 7) is 7.26. The molecule has 0 unspecified atom stereocenters. The van der Waals surface area contributed by atoms with E-state index in [-0.39, 0.29) is 35.5 Å². The average Bonchev–Trinajstić information content (AvgIpc) is 4.02. The number of hydrogen-bond donors (Lipinski definition) is 2. The number of rotatable bonds is 14. The first-order valence-corrected chi connectivity index (χ1v) is 23.8. The van der Waals surface area contributed by atoms with Gasteiger partial charge in [-0.2, -0.15) is 0 Å². The smallest absolute Gasteiger partial charge is 0.261 e. The molecule has 3 aliphatic rings. The third kappa shape index (κ3) is 8.27. The lowest BCUT2D eigenvalue weighted by Gasteiger charge is -2.44. The molecule has 2 saturated heterocycles. The fraction of sp³-hybridized carbons (Fsp3) is 0.264. The SMILES string of the molecule is CC(C)(C)[Si](OCC1=C2[C@@H](CC/C(=C/c3ccc(CO)o3)c3ccccn3)OC[C@@H]2[C@@H]2C(=O)N(c3ccc(Nc4ccccc4)cc3)C(=O)[C@@H]2C1)(c1ccccc1)c1ccccc1. The number of pyridine rings is 1. The van der Waals surface area contributed by atoms with Gasteiger partial charge in [0, 0.05) is 23.5 Å². The molecule has 2 amide bonds. The van der Waals surface area contributed by atoms with Gasteiger partial charge in [-0.25, -0.2) is 0 Å². The minimum absolute atomic E-state index is 0.180. The van der Waals surface area contributed by atoms with E-state index in [2.05, 4.69) is 79.6 Å². The van der Waals surface area contributed by atoms with Gasteiger partial charge in [-0.05, 0) is 118 Å². The molecular weight excluding hydrogens is 803 g/mol. The first-order valence-electron chi connectivity index (χ1n) is 21.8. The zero-order valence-electron chi connectivity index (χ0n) is 35.9. The maximum Gasteiger partial charge on any atom is 0.261 e. The van der Waals surface area contributed by atoms with E-state index in [9.17, 15) is 14.7 Å². The van der Waals surface area contributed by atoms with Crippen molar-refractivity contribution in [3.63, 3.8) is 0 Å². The summed E-state index contributed by atoms with van der Waals surface area (Å²) in [4.78, 5) is 35.5. The normalized spacial score (nSPS) is 20.3. The highest BCUT2D eigenvalue weighted by molar-refractivity contribution is 6.99. The molecule has 1 aliphatic carbocycles. The van der Waals surface area contributed by atoms with Crippen LogP contribution < -0.4 is 20.6 Å². The maximum atomic E-state index is 14.7. The molecule has 2 aliphatic heterocycles. The Morgan fingerprint density at radius 2 is 1.46 bits per heavy atom. The highest BCUT2D eigenvalue weighted by Gasteiger charge is 2.58. The van der Waals surface area contributed by atoms with Crippen molar-refractivity contribution in [2.24, 2.45) is 17.8 Å². The second-order valence-corrected chi connectivity index (χ2v) is 22.0. The molecule has 10 heteroatoms. The van der Waals surface area contributed by atoms with Gasteiger partial charge in [0.25, 0.3) is 8.32 Å². The van der Waals surface area contributed by atoms with E-state index in [4.69, 9.17) is 13.6 Å². The minimum atomic E-state index is -2.98. The summed E-state index contributed by atoms with van der Waals surface area (Å²) in [6, 6.07) is 48.0. The summed E-state index contributed by atoms with van der Waals surface area (Å²) in [7, 11) is -2.98. The molecule has 320 valence electrons. The van der Waals surface area contributed by atoms with Crippen molar-refractivity contribution < 1.29 is 28.3 Å². The molecule has 2 fully saturated rings. The van der Waals surface area contributed by atoms with Crippen LogP contribution in [0, 0.1) is 17.8 Å². The number of nitrogens with one attached hydrogen (secondary N) is 1. The summed E-state index contributed by atoms with van der Waals surface area (Å²) >= 11 is 0. The van der Waals surface area contributed by atoms with Crippen LogP contribution in [0.1, 0.15) is 57.2 Å². The number of benzene rings is 4. The summed E-state index contributed by atoms with van der Waals surface area (Å²) in [6.07, 6.45) is 5.06. The van der Waals surface area contributed by atoms with Gasteiger partial charge in [0.2, 0.25) is 11.8 Å². The molecule has 4 atom stereocenters. The predicted octanol–water partition coefficient (Wildman–Crippen LogP) is 9.33. The monoisotopic (exact) mass is 855 g/mol. The number of fused-ring (bicyclic) bond motifs is 3. The summed E-state index contributed by atoms with van der Waals surface area (Å²) < 4.78 is 20.2. The van der Waals surface area contributed by atoms with Gasteiger partial charge in [-0.15, -0.1) is 0 Å². The lowest BCUT2D eigenvalue weighted by atomic mass is 9.69. The largest absolute Gasteiger partial charge is 0.459 e. The van der Waals surface area contributed by atoms with Crippen LogP contribution in [-0.2, 0) is 25.4 Å². The topological polar surface area (TPSA) is 114 Å². The zero-order valence-corrected chi connectivity index (χ0v) is 36.9. The van der Waals surface area contributed by atoms with E-state index in [1.165, 1.54) is 15.3 Å². The number of amides is 2. The summed E-state index contributed by atoms with van der Waals surface area (Å²) in [5, 5.41) is 15.2. The van der Waals surface area contributed by atoms with Gasteiger partial charge in [0.1, 0.15) is 18.1 Å². The number of imide groups is 1. The van der Waals surface area contributed by atoms with Crippen LogP contribution in [0.2, 0.25) is 5.04 Å². The van der Waals surface area contributed by atoms with Gasteiger partial charge in [-0.3, -0.25) is 19.5 Å². The molecule has 2 aromatic heterocycles. The molecule has 0 radical (unpaired) electrons. The molecule has 0 saturated carbocycles. The highest BCUT2D eigenvalue weighted by atomic mass is 28.4. The average molecular weight is 856 g/mol. The van der Waals surface area contributed by atoms with Crippen molar-refractivity contribution in [2.45, 2.75) is 57.8 Å². The van der Waals surface area contributed by atoms with E-state index in [0.29, 0.717) is 49.7 Å². The molecule has 63 heavy (non-hydrogen) atoms. The van der Waals surface area contributed by atoms with Crippen LogP contribution in [0.4, 0.5) is 17.1 Å². The maximum absolute atomic E-state index is 14.7. The van der Waals surface area contributed by atoms with Crippen LogP contribution in [0.15, 0.2) is 167 Å². The molecule has 9 nitrogen and oxygen atoms in total. The first kappa shape index (κ1) is 42.1. The van der Waals surface area contributed by atoms with Gasteiger partial charge >= 0.3 is 0 Å². The Labute approximate surface area is 370 Å². The van der Waals surface area contributed by atoms with Gasteiger partial charge in [-0.1, -0.05) is 106 Å². The van der Waals surface area contributed by atoms with E-state index in [0.717, 1.165) is 33.8 Å². The highest BCUT2D eigenvalue weighted by Crippen LogP contribution is 2.51. The molecule has 4 aromatic carbocycles. The summed E-state index contributed by atoms with van der Waals surface area (Å²) in [5.74, 6) is -0.631. The fourth-order valence-electron chi connectivity index (χ4n) is 10.0. The van der Waals surface area contributed by atoms with E-state index in [1.807, 2.05) is 97.1 Å². The van der Waals surface area contributed by atoms with Crippen molar-refractivity contribution in [3.05, 3.63) is 180 Å². The number of carbonyl (C=O) groups excluding carboxylic acids is 2. The molecule has 2 N–H and O–H groups in total. The van der Waals surface area contributed by atoms with E-state index in [1.54, 1.807) is 12.3 Å². The van der Waals surface area contributed by atoms with Crippen LogP contribution in [0.3, 0.4) is 0 Å². The number of furan rings is 1. The van der Waals surface area contributed by atoms with E-state index < -0.39 is 20.2 Å². The van der Waals surface area contributed by atoms with Gasteiger partial charge in [0.15, 0.2) is 0 Å². The standard InChI is InChI=1S/C53H53N3O6Si/c1-53(2,3)63(43-17-9-5-10-18-43,44-19-11-6-12-20-44)61-34-37-32-45-50(52(59)56(51(45)58)40-25-23-39(24-26-40)55-38-15-7-4-8-16-38)46-35-60-48(49(37)46)29-22-36(47-21-13-14-30-54-47)31-41-27-28-42(33-57)62-41/h4-21,23-28,30-31,45-46,48,50,55,57H,22,29,32-35H2,1-3H3/b36-31-/t45-,46+,48-,50-/m1/s1. The number of aliphatic hydroxyl groups is 1. The van der Waals surface area contributed by atoms with Crippen LogP contribution in [0.5, 0.6) is 0 Å². The third-order valence-electron chi connectivity index (χ3n) is 12.9. The number of aromatic nitrogens is 1. The Morgan fingerprint density at radius 3 is 2.08 bits per heavy atom. The van der Waals surface area contributed by atoms with Gasteiger partial charge < -0.3 is 24.0 Å². The van der Waals surface area contributed by atoms with Crippen molar-refractivity contribution in [1.29, 1.82) is 0 Å². The lowest BCUT2D eigenvalue weighted by Crippen LogP contribution is -2.66. The second-order valence-electron chi connectivity index (χ2n) is 17.7. The van der Waals surface area contributed by atoms with Crippen molar-refractivity contribution in [3.8, 4) is 0 Å². The number of carbonyl (C=O) groups is 2. The van der Waals surface area contributed by atoms with E-state index >= 15 is 0 Å². The Morgan fingerprint density at radius 1 is 0.810 bits per heavy atom. The number of para-hydroxylation sites is 1. The Balaban J connectivity index is 1.07. The molecule has 6 aromatic rings. The number of allylic oxidation sites excluding steroid dienone is 1. The second kappa shape index (κ2) is 17.9. The quantitative estimate of drug-likeness (QED) is 0.0634. The predicted molar refractivity (Wildman–Crippen MR) is 250 cm³/mol. The molecule has 4 heterocycles. The van der Waals surface area contributed by atoms with Crippen molar-refractivity contribution >= 4 is 59.2 Å². The molecular formula is C53H53N3O6Si. The number of hydrogen-bond acceptors (Lipinski definition) is 8. The fourth-order valence-corrected chi connectivity index (χ4v) is 14.6. The molecule has 0 bridgehead atoms. The van der Waals surface area contributed by atoms with Crippen LogP contribution >= 0.6 is 0 Å². The number of ether oxygens (including phenoxy) is 1. The number of anilines is 3. The Hall–Kier alpha value is -6.17. The minimum Gasteiger partial charge on any atom is -0.459 e. The van der Waals surface area contributed by atoms with Crippen molar-refractivity contribution in [2.75, 3.05) is 23.4 Å². The number of nitrogens with zero attached hydrogens (tertiary/aromatic N) is 2. The first-order chi connectivity index (χ1) is 30.6. The Bertz CT molecular complexity index is 2570. The van der Waals surface area contributed by atoms with Crippen molar-refractivity contribution in [1.82, 2.24) is 4.98 Å². The third-order valence-corrected chi connectivity index (χ3v) is 17.9. The summed E-state index contributed by atoms with van der Waals surface area (Å²) in [5.41, 5.74) is 6.28. The van der Waals surface area contributed by atoms with Crippen LogP contribution in [-0.4, -0.2) is 49.5 Å². The zero-order chi connectivity index (χ0) is 43.6.